The first-order chi connectivity index (χ1) is 16.1. The van der Waals surface area contributed by atoms with Crippen LogP contribution in [0, 0.1) is 18.3 Å². The number of imidazole rings is 1. The van der Waals surface area contributed by atoms with E-state index in [2.05, 4.69) is 41.6 Å². The average Bonchev–Trinajstić information content (AvgIpc) is 3.20. The molecule has 1 saturated heterocycles. The fourth-order valence-corrected chi connectivity index (χ4v) is 5.89. The molecule has 4 heterocycles. The topological polar surface area (TPSA) is 102 Å². The van der Waals surface area contributed by atoms with Crippen molar-refractivity contribution in [1.82, 2.24) is 34.4 Å². The molecule has 2 unspecified atom stereocenters. The second kappa shape index (κ2) is 7.74. The highest BCUT2D eigenvalue weighted by molar-refractivity contribution is 5.87. The van der Waals surface area contributed by atoms with Gasteiger partial charge in [0.1, 0.15) is 18.0 Å². The van der Waals surface area contributed by atoms with Crippen molar-refractivity contribution in [3.8, 4) is 11.4 Å². The van der Waals surface area contributed by atoms with Crippen LogP contribution in [0.4, 0.5) is 5.82 Å². The van der Waals surface area contributed by atoms with Crippen LogP contribution < -0.4 is 5.32 Å². The largest absolute Gasteiger partial charge is 0.364 e. The predicted octanol–water partition coefficient (Wildman–Crippen LogP) is 3.20. The number of amides is 1. The second-order valence-electron chi connectivity index (χ2n) is 9.83. The minimum absolute atomic E-state index is 0.170. The number of carbonyl (C=O) groups excluding carboxylic acids is 1. The van der Waals surface area contributed by atoms with Gasteiger partial charge in [-0.25, -0.2) is 24.9 Å². The third-order valence-electron chi connectivity index (χ3n) is 7.82. The summed E-state index contributed by atoms with van der Waals surface area (Å²) in [5.74, 6) is 2.87. The normalized spacial score (nSPS) is 23.5. The van der Waals surface area contributed by atoms with Gasteiger partial charge in [0.2, 0.25) is 5.91 Å². The van der Waals surface area contributed by atoms with Crippen LogP contribution in [0.3, 0.4) is 0 Å². The summed E-state index contributed by atoms with van der Waals surface area (Å²) in [6.07, 6.45) is 12.3. The van der Waals surface area contributed by atoms with E-state index in [1.165, 1.54) is 25.7 Å². The van der Waals surface area contributed by atoms with Crippen LogP contribution in [0.25, 0.3) is 22.6 Å². The van der Waals surface area contributed by atoms with Crippen molar-refractivity contribution in [1.29, 1.82) is 0 Å². The summed E-state index contributed by atoms with van der Waals surface area (Å²) in [7, 11) is 0. The van der Waals surface area contributed by atoms with Crippen molar-refractivity contribution in [3.05, 3.63) is 24.5 Å². The average molecular weight is 447 g/mol. The van der Waals surface area contributed by atoms with Crippen LogP contribution in [0.5, 0.6) is 0 Å². The van der Waals surface area contributed by atoms with E-state index in [0.717, 1.165) is 66.7 Å². The SMILES string of the molecule is CCn1c(-c2cnc(C)nc2)nc2c(NC3CCN(C(=O)C4CC45CCCC5)C3)ncnc21. The highest BCUT2D eigenvalue weighted by Gasteiger charge is 2.59. The Morgan fingerprint density at radius 1 is 1.18 bits per heavy atom. The number of aryl methyl sites for hydroxylation is 2. The number of nitrogens with one attached hydrogen (secondary N) is 1. The standard InChI is InChI=1S/C24H30N8O/c1-3-32-21(16-11-25-15(2)26-12-16)30-19-20(27-14-28-22(19)32)29-17-6-9-31(13-17)23(33)18-10-24(18)7-4-5-8-24/h11-12,14,17-18H,3-10,13H2,1-2H3,(H,27,28,29). The number of hydrogen-bond donors (Lipinski definition) is 1. The van der Waals surface area contributed by atoms with Gasteiger partial charge in [0.15, 0.2) is 17.0 Å². The highest BCUT2D eigenvalue weighted by atomic mass is 16.2. The molecule has 3 aromatic heterocycles. The Hall–Kier alpha value is -3.10. The molecule has 6 rings (SSSR count). The molecule has 0 bridgehead atoms. The van der Waals surface area contributed by atoms with Crippen LogP contribution in [0.1, 0.15) is 51.3 Å². The van der Waals surface area contributed by atoms with Crippen molar-refractivity contribution < 1.29 is 4.79 Å². The smallest absolute Gasteiger partial charge is 0.226 e. The van der Waals surface area contributed by atoms with Crippen LogP contribution in [-0.2, 0) is 11.3 Å². The van der Waals surface area contributed by atoms with Crippen LogP contribution in [0.2, 0.25) is 0 Å². The fourth-order valence-electron chi connectivity index (χ4n) is 5.89. The Morgan fingerprint density at radius 3 is 2.73 bits per heavy atom. The van der Waals surface area contributed by atoms with Crippen molar-refractivity contribution >= 4 is 22.9 Å². The van der Waals surface area contributed by atoms with E-state index in [1.54, 1.807) is 18.7 Å². The van der Waals surface area contributed by atoms with E-state index in [9.17, 15) is 4.79 Å². The summed E-state index contributed by atoms with van der Waals surface area (Å²) in [5, 5.41) is 3.56. The summed E-state index contributed by atoms with van der Waals surface area (Å²) >= 11 is 0. The second-order valence-corrected chi connectivity index (χ2v) is 9.83. The minimum atomic E-state index is 0.170. The van der Waals surface area contributed by atoms with E-state index in [-0.39, 0.29) is 12.0 Å². The summed E-state index contributed by atoms with van der Waals surface area (Å²) in [6.45, 7) is 6.21. The van der Waals surface area contributed by atoms with Gasteiger partial charge in [-0.1, -0.05) is 12.8 Å². The molecule has 9 heteroatoms. The maximum atomic E-state index is 13.1. The van der Waals surface area contributed by atoms with Gasteiger partial charge in [-0.2, -0.15) is 0 Å². The third-order valence-corrected chi connectivity index (χ3v) is 7.82. The van der Waals surface area contributed by atoms with Crippen LogP contribution in [0.15, 0.2) is 18.7 Å². The first-order valence-electron chi connectivity index (χ1n) is 12.1. The Labute approximate surface area is 193 Å². The van der Waals surface area contributed by atoms with Gasteiger partial charge in [-0.15, -0.1) is 0 Å². The number of hydrogen-bond acceptors (Lipinski definition) is 7. The lowest BCUT2D eigenvalue weighted by Crippen LogP contribution is -2.33. The molecule has 9 nitrogen and oxygen atoms in total. The lowest BCUT2D eigenvalue weighted by Gasteiger charge is -2.19. The molecule has 2 saturated carbocycles. The molecule has 1 N–H and O–H groups in total. The molecule has 2 aliphatic carbocycles. The summed E-state index contributed by atoms with van der Waals surface area (Å²) in [4.78, 5) is 37.7. The van der Waals surface area contributed by atoms with Crippen LogP contribution in [-0.4, -0.2) is 59.4 Å². The number of carbonyl (C=O) groups is 1. The van der Waals surface area contributed by atoms with E-state index < -0.39 is 0 Å². The van der Waals surface area contributed by atoms with Gasteiger partial charge in [0.05, 0.1) is 5.56 Å². The number of likely N-dealkylation sites (tertiary alicyclic amines) is 1. The molecule has 1 spiro atoms. The van der Waals surface area contributed by atoms with E-state index in [0.29, 0.717) is 11.3 Å². The molecule has 172 valence electrons. The molecule has 3 aliphatic rings. The van der Waals surface area contributed by atoms with E-state index in [1.807, 2.05) is 6.92 Å². The first-order valence-corrected chi connectivity index (χ1v) is 12.1. The van der Waals surface area contributed by atoms with Crippen molar-refractivity contribution in [2.75, 3.05) is 18.4 Å². The number of anilines is 1. The van der Waals surface area contributed by atoms with Gasteiger partial charge >= 0.3 is 0 Å². The number of rotatable bonds is 5. The van der Waals surface area contributed by atoms with E-state index in [4.69, 9.17) is 4.98 Å². The lowest BCUT2D eigenvalue weighted by molar-refractivity contribution is -0.132. The highest BCUT2D eigenvalue weighted by Crippen LogP contribution is 2.63. The Balaban J connectivity index is 1.21. The third kappa shape index (κ3) is 3.45. The molecular weight excluding hydrogens is 416 g/mol. The Bertz CT molecular complexity index is 1200. The zero-order valence-corrected chi connectivity index (χ0v) is 19.3. The fraction of sp³-hybridized carbons (Fsp3) is 0.583. The zero-order valence-electron chi connectivity index (χ0n) is 19.3. The van der Waals surface area contributed by atoms with Gasteiger partial charge in [0, 0.05) is 44.0 Å². The van der Waals surface area contributed by atoms with Crippen LogP contribution >= 0.6 is 0 Å². The first kappa shape index (κ1) is 20.5. The Kier molecular flexibility index (Phi) is 4.81. The monoisotopic (exact) mass is 446 g/mol. The summed E-state index contributed by atoms with van der Waals surface area (Å²) in [5.41, 5.74) is 2.74. The van der Waals surface area contributed by atoms with Crippen molar-refractivity contribution in [2.45, 2.75) is 65.0 Å². The Morgan fingerprint density at radius 2 is 1.97 bits per heavy atom. The molecule has 1 aliphatic heterocycles. The predicted molar refractivity (Wildman–Crippen MR) is 124 cm³/mol. The molecule has 2 atom stereocenters. The minimum Gasteiger partial charge on any atom is -0.364 e. The molecule has 33 heavy (non-hydrogen) atoms. The van der Waals surface area contributed by atoms with Gasteiger partial charge in [-0.3, -0.25) is 4.79 Å². The van der Waals surface area contributed by atoms with Gasteiger partial charge in [0.25, 0.3) is 0 Å². The molecule has 3 aromatic rings. The maximum absolute atomic E-state index is 13.1. The number of fused-ring (bicyclic) bond motifs is 1. The molecule has 1 amide bonds. The molecule has 0 radical (unpaired) electrons. The van der Waals surface area contributed by atoms with Gasteiger partial charge in [-0.05, 0) is 44.9 Å². The quantitative estimate of drug-likeness (QED) is 0.642. The number of aromatic nitrogens is 6. The van der Waals surface area contributed by atoms with E-state index >= 15 is 0 Å². The molecule has 0 aromatic carbocycles. The number of nitrogens with zero attached hydrogens (tertiary/aromatic N) is 7. The van der Waals surface area contributed by atoms with Crippen molar-refractivity contribution in [2.24, 2.45) is 11.3 Å². The van der Waals surface area contributed by atoms with Crippen molar-refractivity contribution in [3.63, 3.8) is 0 Å². The summed E-state index contributed by atoms with van der Waals surface area (Å²) < 4.78 is 2.06. The zero-order chi connectivity index (χ0) is 22.6. The summed E-state index contributed by atoms with van der Waals surface area (Å²) in [6, 6.07) is 0.170. The lowest BCUT2D eigenvalue weighted by atomic mass is 10.0. The molecular formula is C24H30N8O. The van der Waals surface area contributed by atoms with Gasteiger partial charge < -0.3 is 14.8 Å². The molecule has 3 fully saturated rings. The maximum Gasteiger partial charge on any atom is 0.226 e.